The lowest BCUT2D eigenvalue weighted by atomic mass is 10.1. The van der Waals surface area contributed by atoms with E-state index < -0.39 is 28.5 Å². The summed E-state index contributed by atoms with van der Waals surface area (Å²) in [5.41, 5.74) is 0.999. The number of amides is 2. The van der Waals surface area contributed by atoms with Crippen LogP contribution in [-0.2, 0) is 26.2 Å². The van der Waals surface area contributed by atoms with Crippen molar-refractivity contribution in [2.24, 2.45) is 5.92 Å². The van der Waals surface area contributed by atoms with E-state index in [0.29, 0.717) is 17.3 Å². The van der Waals surface area contributed by atoms with Gasteiger partial charge in [0.25, 0.3) is 10.0 Å². The van der Waals surface area contributed by atoms with E-state index in [-0.39, 0.29) is 34.7 Å². The van der Waals surface area contributed by atoms with E-state index in [1.54, 1.807) is 19.1 Å². The van der Waals surface area contributed by atoms with Crippen LogP contribution in [0.4, 0.5) is 5.69 Å². The Balaban J connectivity index is 2.04. The van der Waals surface area contributed by atoms with Crippen LogP contribution in [0.15, 0.2) is 76.1 Å². The topological polar surface area (TPSA) is 105 Å². The van der Waals surface area contributed by atoms with Crippen molar-refractivity contribution in [1.82, 2.24) is 10.2 Å². The number of halogens is 2. The third-order valence-electron chi connectivity index (χ3n) is 6.45. The molecule has 0 radical (unpaired) electrons. The first-order valence-corrected chi connectivity index (χ1v) is 15.8. The number of sulfonamides is 1. The maximum atomic E-state index is 14.1. The van der Waals surface area contributed by atoms with Gasteiger partial charge < -0.3 is 19.7 Å². The number of rotatable bonds is 13. The molecule has 0 spiro atoms. The van der Waals surface area contributed by atoms with Gasteiger partial charge in [-0.1, -0.05) is 53.5 Å². The minimum atomic E-state index is -4.30. The van der Waals surface area contributed by atoms with E-state index in [1.807, 2.05) is 38.1 Å². The molecule has 1 atom stereocenters. The summed E-state index contributed by atoms with van der Waals surface area (Å²) in [7, 11) is -1.45. The van der Waals surface area contributed by atoms with E-state index in [2.05, 4.69) is 21.2 Å². The van der Waals surface area contributed by atoms with Crippen LogP contribution in [0.25, 0.3) is 0 Å². The second-order valence-corrected chi connectivity index (χ2v) is 13.2. The van der Waals surface area contributed by atoms with E-state index >= 15 is 0 Å². The van der Waals surface area contributed by atoms with Gasteiger partial charge >= 0.3 is 0 Å². The molecule has 2 amide bonds. The average molecular weight is 681 g/mol. The number of benzene rings is 3. The molecule has 0 saturated carbocycles. The van der Waals surface area contributed by atoms with Crippen LogP contribution in [0.5, 0.6) is 11.5 Å². The summed E-state index contributed by atoms with van der Waals surface area (Å²) in [4.78, 5) is 28.4. The Labute approximate surface area is 260 Å². The van der Waals surface area contributed by atoms with Gasteiger partial charge in [0.15, 0.2) is 11.5 Å². The van der Waals surface area contributed by atoms with Gasteiger partial charge in [0.2, 0.25) is 11.8 Å². The minimum Gasteiger partial charge on any atom is -0.493 e. The quantitative estimate of drug-likeness (QED) is 0.256. The van der Waals surface area contributed by atoms with Gasteiger partial charge in [-0.05, 0) is 66.9 Å². The number of ether oxygens (including phenoxy) is 2. The molecule has 0 aliphatic rings. The fourth-order valence-corrected chi connectivity index (χ4v) is 5.88. The van der Waals surface area contributed by atoms with Crippen molar-refractivity contribution >= 4 is 55.1 Å². The first-order chi connectivity index (χ1) is 19.9. The molecule has 3 aromatic rings. The second kappa shape index (κ2) is 14.8. The van der Waals surface area contributed by atoms with Crippen LogP contribution in [0.1, 0.15) is 26.3 Å². The zero-order valence-corrected chi connectivity index (χ0v) is 27.3. The summed E-state index contributed by atoms with van der Waals surface area (Å²) in [6, 6.07) is 16.8. The Hall–Kier alpha value is -3.28. The maximum absolute atomic E-state index is 14.1. The molecule has 3 aromatic carbocycles. The van der Waals surface area contributed by atoms with Crippen LogP contribution in [0.2, 0.25) is 5.02 Å². The molecule has 1 N–H and O–H groups in total. The van der Waals surface area contributed by atoms with Crippen molar-refractivity contribution in [3.8, 4) is 11.5 Å². The molecule has 226 valence electrons. The highest BCUT2D eigenvalue weighted by Gasteiger charge is 2.33. The molecule has 0 aliphatic carbocycles. The number of nitrogens with one attached hydrogen (secondary N) is 1. The van der Waals surface area contributed by atoms with Crippen LogP contribution in [0, 0.1) is 5.92 Å². The normalized spacial score (nSPS) is 12.0. The predicted molar refractivity (Wildman–Crippen MR) is 168 cm³/mol. The Kier molecular flexibility index (Phi) is 11.7. The highest BCUT2D eigenvalue weighted by molar-refractivity contribution is 9.10. The number of anilines is 1. The number of hydrogen-bond donors (Lipinski definition) is 1. The molecule has 12 heteroatoms. The Morgan fingerprint density at radius 3 is 2.12 bits per heavy atom. The smallest absolute Gasteiger partial charge is 0.264 e. The summed E-state index contributed by atoms with van der Waals surface area (Å²) in [5.74, 6) is -0.122. The van der Waals surface area contributed by atoms with Crippen LogP contribution < -0.4 is 19.1 Å². The third-order valence-corrected chi connectivity index (χ3v) is 9.00. The summed E-state index contributed by atoms with van der Waals surface area (Å²) < 4.78 is 40.6. The minimum absolute atomic E-state index is 0.0905. The summed E-state index contributed by atoms with van der Waals surface area (Å²) in [5, 5.41) is 3.27. The van der Waals surface area contributed by atoms with Gasteiger partial charge in [0, 0.05) is 28.7 Å². The molecule has 0 bridgehead atoms. The highest BCUT2D eigenvalue weighted by atomic mass is 79.9. The first-order valence-electron chi connectivity index (χ1n) is 13.2. The van der Waals surface area contributed by atoms with Crippen LogP contribution in [0.3, 0.4) is 0 Å². The van der Waals surface area contributed by atoms with Gasteiger partial charge in [-0.25, -0.2) is 8.42 Å². The number of nitrogens with zero attached hydrogens (tertiary/aromatic N) is 2. The lowest BCUT2D eigenvalue weighted by Crippen LogP contribution is -2.51. The number of carbonyl (C=O) groups excluding carboxylic acids is 2. The molecule has 0 heterocycles. The molecule has 42 heavy (non-hydrogen) atoms. The van der Waals surface area contributed by atoms with Gasteiger partial charge in [-0.2, -0.15) is 0 Å². The van der Waals surface area contributed by atoms with Crippen molar-refractivity contribution in [3.05, 3.63) is 81.8 Å². The zero-order chi connectivity index (χ0) is 31.0. The average Bonchev–Trinajstić information content (AvgIpc) is 2.97. The predicted octanol–water partition coefficient (Wildman–Crippen LogP) is 5.50. The molecule has 0 aromatic heterocycles. The van der Waals surface area contributed by atoms with Gasteiger partial charge in [-0.15, -0.1) is 0 Å². The summed E-state index contributed by atoms with van der Waals surface area (Å²) >= 11 is 9.49. The number of carbonyl (C=O) groups is 2. The molecule has 0 unspecified atom stereocenters. The Bertz CT molecular complexity index is 1480. The van der Waals surface area contributed by atoms with Crippen molar-refractivity contribution in [1.29, 1.82) is 0 Å². The molecule has 0 fully saturated rings. The lowest BCUT2D eigenvalue weighted by Gasteiger charge is -2.32. The van der Waals surface area contributed by atoms with E-state index in [4.69, 9.17) is 21.1 Å². The van der Waals surface area contributed by atoms with E-state index in [0.717, 1.165) is 14.3 Å². The standard InChI is InChI=1S/C30H35BrClN3O6S/c1-20(2)17-33-30(37)21(3)34(18-22-6-8-23(31)9-7-22)29(36)19-35(25-12-10-24(32)11-13-25)42(38,39)26-14-15-27(40-4)28(16-26)41-5/h6-16,20-21H,17-19H2,1-5H3,(H,33,37)/t21-/m0/s1. The van der Waals surface area contributed by atoms with Gasteiger partial charge in [0.05, 0.1) is 24.8 Å². The molecule has 0 aliphatic heterocycles. The maximum Gasteiger partial charge on any atom is 0.264 e. The Morgan fingerprint density at radius 1 is 0.929 bits per heavy atom. The monoisotopic (exact) mass is 679 g/mol. The van der Waals surface area contributed by atoms with E-state index in [1.165, 1.54) is 49.5 Å². The van der Waals surface area contributed by atoms with Gasteiger partial charge in [-0.3, -0.25) is 13.9 Å². The number of methoxy groups -OCH3 is 2. The summed E-state index contributed by atoms with van der Waals surface area (Å²) in [6.07, 6.45) is 0. The lowest BCUT2D eigenvalue weighted by molar-refractivity contribution is -0.139. The third kappa shape index (κ3) is 8.39. The SMILES string of the molecule is COc1ccc(S(=O)(=O)N(CC(=O)N(Cc2ccc(Br)cc2)[C@@H](C)C(=O)NCC(C)C)c2ccc(Cl)cc2)cc1OC. The second-order valence-electron chi connectivity index (χ2n) is 9.97. The molecular formula is C30H35BrClN3O6S. The molecule has 0 saturated heterocycles. The first kappa shape index (κ1) is 33.2. The Morgan fingerprint density at radius 2 is 1.55 bits per heavy atom. The molecule has 3 rings (SSSR count). The summed E-state index contributed by atoms with van der Waals surface area (Å²) in [6.45, 7) is 5.53. The van der Waals surface area contributed by atoms with Crippen LogP contribution in [-0.4, -0.2) is 58.5 Å². The number of hydrogen-bond acceptors (Lipinski definition) is 6. The fourth-order valence-electron chi connectivity index (χ4n) is 4.06. The molecule has 9 nitrogen and oxygen atoms in total. The van der Waals surface area contributed by atoms with Crippen LogP contribution >= 0.6 is 27.5 Å². The van der Waals surface area contributed by atoms with Crippen molar-refractivity contribution in [2.45, 2.75) is 38.3 Å². The zero-order valence-electron chi connectivity index (χ0n) is 24.1. The van der Waals surface area contributed by atoms with Gasteiger partial charge in [0.1, 0.15) is 12.6 Å². The van der Waals surface area contributed by atoms with Crippen molar-refractivity contribution < 1.29 is 27.5 Å². The largest absolute Gasteiger partial charge is 0.493 e. The van der Waals surface area contributed by atoms with Crippen molar-refractivity contribution in [2.75, 3.05) is 31.6 Å². The fraction of sp³-hybridized carbons (Fsp3) is 0.333. The highest BCUT2D eigenvalue weighted by Crippen LogP contribution is 2.32. The molecular weight excluding hydrogens is 646 g/mol. The van der Waals surface area contributed by atoms with Crippen molar-refractivity contribution in [3.63, 3.8) is 0 Å². The van der Waals surface area contributed by atoms with E-state index in [9.17, 15) is 18.0 Å².